The van der Waals surface area contributed by atoms with Crippen molar-refractivity contribution < 1.29 is 4.74 Å². The maximum absolute atomic E-state index is 5.66. The van der Waals surface area contributed by atoms with Crippen molar-refractivity contribution >= 4 is 0 Å². The van der Waals surface area contributed by atoms with E-state index in [1.807, 2.05) is 20.9 Å². The lowest BCUT2D eigenvalue weighted by Crippen LogP contribution is -2.28. The highest BCUT2D eigenvalue weighted by molar-refractivity contribution is 5.32. The fourth-order valence-corrected chi connectivity index (χ4v) is 4.54. The number of nitrogens with one attached hydrogen (secondary N) is 1. The summed E-state index contributed by atoms with van der Waals surface area (Å²) < 4.78 is 7.97. The average molecular weight is 379 g/mol. The second-order valence-electron chi connectivity index (χ2n) is 7.85. The third kappa shape index (κ3) is 6.03. The van der Waals surface area contributed by atoms with Crippen molar-refractivity contribution in [1.29, 1.82) is 0 Å². The largest absolute Gasteiger partial charge is 0.381 e. The van der Waals surface area contributed by atoms with Crippen LogP contribution in [0.5, 0.6) is 0 Å². The summed E-state index contributed by atoms with van der Waals surface area (Å²) in [5, 5.41) is 8.26. The monoisotopic (exact) mass is 378 g/mol. The zero-order chi connectivity index (χ0) is 19.6. The normalized spacial score (nSPS) is 21.9. The van der Waals surface area contributed by atoms with Crippen molar-refractivity contribution in [3.05, 3.63) is 17.0 Å². The maximum Gasteiger partial charge on any atom is 0.0802 e. The van der Waals surface area contributed by atoms with Crippen LogP contribution in [0.15, 0.2) is 0 Å². The summed E-state index contributed by atoms with van der Waals surface area (Å²) in [5.41, 5.74) is 4.51. The van der Waals surface area contributed by atoms with Gasteiger partial charge < -0.3 is 10.1 Å². The SMILES string of the molecule is CC.CCOCC1CCC(c2c(CN(C)CCNC)nn3c2CCC3)CC1. The topological polar surface area (TPSA) is 42.3 Å². The highest BCUT2D eigenvalue weighted by Crippen LogP contribution is 2.40. The van der Waals surface area contributed by atoms with Crippen LogP contribution in [0.1, 0.15) is 75.7 Å². The van der Waals surface area contributed by atoms with Crippen molar-refractivity contribution in [3.8, 4) is 0 Å². The second kappa shape index (κ2) is 11.8. The van der Waals surface area contributed by atoms with Crippen molar-refractivity contribution in [2.45, 2.75) is 78.3 Å². The minimum atomic E-state index is 0.715. The molecule has 0 saturated heterocycles. The van der Waals surface area contributed by atoms with Gasteiger partial charge in [-0.2, -0.15) is 5.10 Å². The molecule has 1 saturated carbocycles. The Morgan fingerprint density at radius 1 is 1.22 bits per heavy atom. The first kappa shape index (κ1) is 22.4. The quantitative estimate of drug-likeness (QED) is 0.709. The van der Waals surface area contributed by atoms with Crippen LogP contribution in [0.3, 0.4) is 0 Å². The van der Waals surface area contributed by atoms with E-state index in [0.29, 0.717) is 5.92 Å². The van der Waals surface area contributed by atoms with E-state index in [2.05, 4.69) is 28.9 Å². The van der Waals surface area contributed by atoms with E-state index < -0.39 is 0 Å². The van der Waals surface area contributed by atoms with Gasteiger partial charge in [-0.1, -0.05) is 13.8 Å². The Morgan fingerprint density at radius 2 is 1.96 bits per heavy atom. The number of aryl methyl sites for hydroxylation is 1. The van der Waals surface area contributed by atoms with E-state index in [1.165, 1.54) is 44.2 Å². The van der Waals surface area contributed by atoms with E-state index in [9.17, 15) is 0 Å². The van der Waals surface area contributed by atoms with Gasteiger partial charge in [0.25, 0.3) is 0 Å². The summed E-state index contributed by atoms with van der Waals surface area (Å²) in [6, 6.07) is 0. The van der Waals surface area contributed by atoms with E-state index in [0.717, 1.165) is 45.3 Å². The molecule has 0 radical (unpaired) electrons. The number of ether oxygens (including phenoxy) is 1. The molecule has 1 fully saturated rings. The Hall–Kier alpha value is -0.910. The predicted octanol–water partition coefficient (Wildman–Crippen LogP) is 3.82. The van der Waals surface area contributed by atoms with Crippen molar-refractivity contribution in [2.24, 2.45) is 5.92 Å². The standard InChI is InChI=1S/C20H36N4O.C2H6/c1-4-25-15-16-7-9-17(10-8-16)20-18(14-23(3)13-11-21-2)22-24-12-5-6-19(20)24;1-2/h16-17,21H,4-15H2,1-3H3;1-2H3. The minimum Gasteiger partial charge on any atom is -0.381 e. The molecule has 1 N–H and O–H groups in total. The molecule has 5 nitrogen and oxygen atoms in total. The van der Waals surface area contributed by atoms with Gasteiger partial charge in [0.2, 0.25) is 0 Å². The predicted molar refractivity (Wildman–Crippen MR) is 113 cm³/mol. The Labute approximate surface area is 166 Å². The van der Waals surface area contributed by atoms with Crippen LogP contribution in [0.25, 0.3) is 0 Å². The van der Waals surface area contributed by atoms with E-state index in [4.69, 9.17) is 9.84 Å². The van der Waals surface area contributed by atoms with Crippen LogP contribution in [-0.2, 0) is 24.2 Å². The summed E-state index contributed by atoms with van der Waals surface area (Å²) in [7, 11) is 4.23. The van der Waals surface area contributed by atoms with Gasteiger partial charge >= 0.3 is 0 Å². The molecule has 0 spiro atoms. The highest BCUT2D eigenvalue weighted by Gasteiger charge is 2.30. The molecular formula is C22H42N4O. The molecule has 1 aliphatic heterocycles. The Bertz CT molecular complexity index is 535. The summed E-state index contributed by atoms with van der Waals surface area (Å²) in [4.78, 5) is 2.40. The number of nitrogens with zero attached hydrogens (tertiary/aromatic N) is 3. The number of likely N-dealkylation sites (N-methyl/N-ethyl adjacent to an activating group) is 2. The molecule has 0 amide bonds. The van der Waals surface area contributed by atoms with Gasteiger partial charge in [0.15, 0.2) is 0 Å². The van der Waals surface area contributed by atoms with Crippen LogP contribution >= 0.6 is 0 Å². The molecule has 156 valence electrons. The number of hydrogen-bond acceptors (Lipinski definition) is 4. The third-order valence-electron chi connectivity index (χ3n) is 5.93. The first-order chi connectivity index (χ1) is 13.2. The fourth-order valence-electron chi connectivity index (χ4n) is 4.54. The van der Waals surface area contributed by atoms with Gasteiger partial charge in [-0.3, -0.25) is 9.58 Å². The molecule has 2 heterocycles. The molecule has 1 aromatic rings. The molecule has 3 rings (SSSR count). The van der Waals surface area contributed by atoms with Gasteiger partial charge in [0.05, 0.1) is 5.69 Å². The molecule has 0 aromatic carbocycles. The van der Waals surface area contributed by atoms with Crippen LogP contribution in [0, 0.1) is 5.92 Å². The third-order valence-corrected chi connectivity index (χ3v) is 5.93. The molecule has 5 heteroatoms. The Kier molecular flexibility index (Phi) is 9.80. The smallest absolute Gasteiger partial charge is 0.0802 e. The van der Waals surface area contributed by atoms with Gasteiger partial charge in [-0.25, -0.2) is 0 Å². The second-order valence-corrected chi connectivity index (χ2v) is 7.85. The van der Waals surface area contributed by atoms with Crippen molar-refractivity contribution in [1.82, 2.24) is 20.0 Å². The van der Waals surface area contributed by atoms with E-state index in [-0.39, 0.29) is 0 Å². The summed E-state index contributed by atoms with van der Waals surface area (Å²) in [5.74, 6) is 1.48. The molecule has 2 aliphatic rings. The molecule has 1 aliphatic carbocycles. The highest BCUT2D eigenvalue weighted by atomic mass is 16.5. The lowest BCUT2D eigenvalue weighted by molar-refractivity contribution is 0.0919. The molecule has 27 heavy (non-hydrogen) atoms. The van der Waals surface area contributed by atoms with Gasteiger partial charge in [0.1, 0.15) is 0 Å². The lowest BCUT2D eigenvalue weighted by atomic mass is 9.78. The van der Waals surface area contributed by atoms with Crippen molar-refractivity contribution in [3.63, 3.8) is 0 Å². The van der Waals surface area contributed by atoms with Gasteiger partial charge in [0, 0.05) is 50.7 Å². The number of aromatic nitrogens is 2. The number of rotatable bonds is 9. The first-order valence-electron chi connectivity index (χ1n) is 11.2. The molecule has 1 aromatic heterocycles. The molecule has 0 atom stereocenters. The Balaban J connectivity index is 0.00000126. The molecular weight excluding hydrogens is 336 g/mol. The average Bonchev–Trinajstić information content (AvgIpc) is 3.27. The fraction of sp³-hybridized carbons (Fsp3) is 0.864. The first-order valence-corrected chi connectivity index (χ1v) is 11.2. The summed E-state index contributed by atoms with van der Waals surface area (Å²) in [6.45, 7) is 12.1. The Morgan fingerprint density at radius 3 is 2.63 bits per heavy atom. The maximum atomic E-state index is 5.66. The van der Waals surface area contributed by atoms with Crippen LogP contribution in [-0.4, -0.2) is 55.1 Å². The van der Waals surface area contributed by atoms with Crippen LogP contribution < -0.4 is 5.32 Å². The zero-order valence-corrected chi connectivity index (χ0v) is 18.4. The zero-order valence-electron chi connectivity index (χ0n) is 18.4. The summed E-state index contributed by atoms with van der Waals surface area (Å²) >= 11 is 0. The van der Waals surface area contributed by atoms with Crippen LogP contribution in [0.4, 0.5) is 0 Å². The van der Waals surface area contributed by atoms with Gasteiger partial charge in [-0.05, 0) is 71.4 Å². The van der Waals surface area contributed by atoms with E-state index >= 15 is 0 Å². The lowest BCUT2D eigenvalue weighted by Gasteiger charge is -2.29. The minimum absolute atomic E-state index is 0.715. The van der Waals surface area contributed by atoms with E-state index in [1.54, 1.807) is 11.3 Å². The molecule has 0 unspecified atom stereocenters. The number of fused-ring (bicyclic) bond motifs is 1. The van der Waals surface area contributed by atoms with Crippen LogP contribution in [0.2, 0.25) is 0 Å². The van der Waals surface area contributed by atoms with Crippen molar-refractivity contribution in [2.75, 3.05) is 40.4 Å². The van der Waals surface area contributed by atoms with Gasteiger partial charge in [-0.15, -0.1) is 0 Å². The molecule has 0 bridgehead atoms. The number of hydrogen-bond donors (Lipinski definition) is 1. The summed E-state index contributed by atoms with van der Waals surface area (Å²) in [6.07, 6.45) is 7.73.